The number of nitrogens with zero attached hydrogens (tertiary/aromatic N) is 2. The molecule has 1 saturated heterocycles. The quantitative estimate of drug-likeness (QED) is 0.556. The smallest absolute Gasteiger partial charge is 0.410 e. The molecule has 0 N–H and O–H groups in total. The van der Waals surface area contributed by atoms with Gasteiger partial charge in [0, 0.05) is 44.2 Å². The lowest BCUT2D eigenvalue weighted by Crippen LogP contribution is -2.51. The molecule has 0 bridgehead atoms. The van der Waals surface area contributed by atoms with E-state index in [9.17, 15) is 4.79 Å². The molecule has 2 aromatic carbocycles. The van der Waals surface area contributed by atoms with Gasteiger partial charge in [-0.3, -0.25) is 0 Å². The lowest BCUT2D eigenvalue weighted by atomic mass is 9.55. The van der Waals surface area contributed by atoms with Gasteiger partial charge in [0.25, 0.3) is 0 Å². The number of methoxy groups -OCH3 is 1. The number of hydrogen-bond acceptors (Lipinski definition) is 4. The number of amides is 1. The van der Waals surface area contributed by atoms with Gasteiger partial charge in [0.1, 0.15) is 11.9 Å². The van der Waals surface area contributed by atoms with Crippen LogP contribution in [0, 0.1) is 23.2 Å². The van der Waals surface area contributed by atoms with Gasteiger partial charge >= 0.3 is 6.09 Å². The van der Waals surface area contributed by atoms with Crippen LogP contribution in [0.15, 0.2) is 42.5 Å². The zero-order chi connectivity index (χ0) is 24.3. The second-order valence-corrected chi connectivity index (χ2v) is 11.8. The summed E-state index contributed by atoms with van der Waals surface area (Å²) in [7, 11) is 5.84. The summed E-state index contributed by atoms with van der Waals surface area (Å²) in [4.78, 5) is 17.2. The number of anilines is 1. The molecule has 1 aliphatic heterocycles. The molecule has 0 unspecified atom stereocenters. The number of carbonyl (C=O) groups excluding carboxylic acids is 1. The minimum Gasteiger partial charge on any atom is -0.497 e. The fourth-order valence-corrected chi connectivity index (χ4v) is 8.01. The third-order valence-corrected chi connectivity index (χ3v) is 9.77. The van der Waals surface area contributed by atoms with E-state index in [1.165, 1.54) is 30.5 Å². The number of fused-ring (bicyclic) bond motifs is 7. The van der Waals surface area contributed by atoms with E-state index in [4.69, 9.17) is 9.47 Å². The number of benzene rings is 2. The molecule has 3 fully saturated rings. The van der Waals surface area contributed by atoms with Crippen LogP contribution in [-0.4, -0.2) is 44.8 Å². The van der Waals surface area contributed by atoms with Crippen molar-refractivity contribution >= 4 is 11.8 Å². The van der Waals surface area contributed by atoms with E-state index in [1.54, 1.807) is 12.7 Å². The Labute approximate surface area is 209 Å². The maximum absolute atomic E-state index is 13.1. The predicted molar refractivity (Wildman–Crippen MR) is 138 cm³/mol. The maximum Gasteiger partial charge on any atom is 0.410 e. The largest absolute Gasteiger partial charge is 0.497 e. The molecule has 4 aliphatic rings. The van der Waals surface area contributed by atoms with Crippen LogP contribution >= 0.6 is 0 Å². The molecule has 2 saturated carbocycles. The molecule has 1 amide bonds. The second-order valence-electron chi connectivity index (χ2n) is 11.8. The van der Waals surface area contributed by atoms with Gasteiger partial charge in [-0.1, -0.05) is 25.1 Å². The summed E-state index contributed by atoms with van der Waals surface area (Å²) in [6.07, 6.45) is 5.81. The molecule has 1 heterocycles. The standard InChI is InChI=1S/C30H38N2O3/c1-30-14-13-25-24-12-10-23(34-4)15-20(24)7-11-26(25)27(30)16-21-18-32(29(33)35-28(21)30)17-19-5-8-22(9-6-19)31(2)3/h5-6,8-10,12,15,21,25-28H,7,11,13-14,16-18H2,1-4H3/t21-,25+,26+,27-,28+,30-/m0/s1. The minimum atomic E-state index is -0.131. The van der Waals surface area contributed by atoms with Gasteiger partial charge in [0.15, 0.2) is 0 Å². The third-order valence-electron chi connectivity index (χ3n) is 9.77. The minimum absolute atomic E-state index is 0.0607. The molecular formula is C30H38N2O3. The fraction of sp³-hybridized carbons (Fsp3) is 0.567. The van der Waals surface area contributed by atoms with Crippen LogP contribution in [-0.2, 0) is 17.7 Å². The predicted octanol–water partition coefficient (Wildman–Crippen LogP) is 5.86. The lowest BCUT2D eigenvalue weighted by Gasteiger charge is -2.51. The Balaban J connectivity index is 1.20. The van der Waals surface area contributed by atoms with E-state index in [-0.39, 0.29) is 17.6 Å². The van der Waals surface area contributed by atoms with Crippen LogP contribution < -0.4 is 9.64 Å². The molecule has 0 spiro atoms. The van der Waals surface area contributed by atoms with Crippen molar-refractivity contribution in [1.82, 2.24) is 4.90 Å². The van der Waals surface area contributed by atoms with Crippen LogP contribution in [0.3, 0.4) is 0 Å². The van der Waals surface area contributed by atoms with E-state index in [0.29, 0.717) is 30.2 Å². The van der Waals surface area contributed by atoms with Gasteiger partial charge in [-0.2, -0.15) is 0 Å². The Morgan fingerprint density at radius 3 is 2.69 bits per heavy atom. The zero-order valence-electron chi connectivity index (χ0n) is 21.5. The van der Waals surface area contributed by atoms with Crippen molar-refractivity contribution < 1.29 is 14.3 Å². The highest BCUT2D eigenvalue weighted by atomic mass is 16.6. The van der Waals surface area contributed by atoms with Crippen molar-refractivity contribution in [2.75, 3.05) is 32.6 Å². The third kappa shape index (κ3) is 3.70. The average Bonchev–Trinajstić information content (AvgIpc) is 3.15. The first-order valence-corrected chi connectivity index (χ1v) is 13.3. The van der Waals surface area contributed by atoms with Crippen LogP contribution in [0.4, 0.5) is 10.5 Å². The maximum atomic E-state index is 13.1. The van der Waals surface area contributed by atoms with E-state index in [0.717, 1.165) is 30.7 Å². The van der Waals surface area contributed by atoms with Gasteiger partial charge in [0.05, 0.1) is 7.11 Å². The van der Waals surface area contributed by atoms with Crippen molar-refractivity contribution in [1.29, 1.82) is 0 Å². The zero-order valence-corrected chi connectivity index (χ0v) is 21.5. The molecule has 2 aromatic rings. The van der Waals surface area contributed by atoms with Crippen LogP contribution in [0.1, 0.15) is 55.2 Å². The molecule has 5 nitrogen and oxygen atoms in total. The summed E-state index contributed by atoms with van der Waals surface area (Å²) in [6, 6.07) is 15.2. The topological polar surface area (TPSA) is 42.0 Å². The van der Waals surface area contributed by atoms with Gasteiger partial charge in [-0.05, 0) is 90.8 Å². The number of rotatable bonds is 4. The Morgan fingerprint density at radius 1 is 1.14 bits per heavy atom. The van der Waals surface area contributed by atoms with Crippen LogP contribution in [0.2, 0.25) is 0 Å². The monoisotopic (exact) mass is 474 g/mol. The first kappa shape index (κ1) is 22.8. The Kier molecular flexibility index (Phi) is 5.50. The normalized spacial score (nSPS) is 33.2. The molecule has 0 aromatic heterocycles. The first-order chi connectivity index (χ1) is 16.9. The van der Waals surface area contributed by atoms with Gasteiger partial charge in [-0.15, -0.1) is 0 Å². The summed E-state index contributed by atoms with van der Waals surface area (Å²) in [5.41, 5.74) is 5.45. The first-order valence-electron chi connectivity index (χ1n) is 13.3. The van der Waals surface area contributed by atoms with E-state index in [2.05, 4.69) is 54.3 Å². The SMILES string of the molecule is COc1ccc2c(c1)CC[C@@H]1[C@@H]2CC[C@]2(C)[C@@H]3OC(=O)N(Cc4ccc(N(C)C)cc4)C[C@@H]3C[C@@H]12. The molecule has 186 valence electrons. The lowest BCUT2D eigenvalue weighted by molar-refractivity contribution is -0.0726. The van der Waals surface area contributed by atoms with Gasteiger partial charge < -0.3 is 19.3 Å². The number of carbonyl (C=O) groups is 1. The molecule has 3 aliphatic carbocycles. The van der Waals surface area contributed by atoms with E-state index < -0.39 is 0 Å². The van der Waals surface area contributed by atoms with Crippen molar-refractivity contribution in [2.45, 2.75) is 57.6 Å². The fourth-order valence-electron chi connectivity index (χ4n) is 8.01. The molecule has 5 heteroatoms. The average molecular weight is 475 g/mol. The van der Waals surface area contributed by atoms with Crippen LogP contribution in [0.5, 0.6) is 5.75 Å². The van der Waals surface area contributed by atoms with Crippen molar-refractivity contribution in [3.8, 4) is 5.75 Å². The van der Waals surface area contributed by atoms with Crippen LogP contribution in [0.25, 0.3) is 0 Å². The molecule has 6 rings (SSSR count). The summed E-state index contributed by atoms with van der Waals surface area (Å²) >= 11 is 0. The highest BCUT2D eigenvalue weighted by molar-refractivity contribution is 5.69. The Hall–Kier alpha value is -2.69. The Bertz CT molecular complexity index is 1110. The highest BCUT2D eigenvalue weighted by Gasteiger charge is 2.61. The van der Waals surface area contributed by atoms with E-state index in [1.807, 2.05) is 19.0 Å². The number of ether oxygens (including phenoxy) is 2. The van der Waals surface area contributed by atoms with Crippen molar-refractivity contribution in [3.63, 3.8) is 0 Å². The summed E-state index contributed by atoms with van der Waals surface area (Å²) in [6.45, 7) is 3.86. The highest BCUT2D eigenvalue weighted by Crippen LogP contribution is 2.63. The summed E-state index contributed by atoms with van der Waals surface area (Å²) in [5, 5.41) is 0. The second kappa shape index (κ2) is 8.46. The summed E-state index contributed by atoms with van der Waals surface area (Å²) in [5.74, 6) is 3.34. The molecule has 35 heavy (non-hydrogen) atoms. The number of hydrogen-bond donors (Lipinski definition) is 0. The summed E-state index contributed by atoms with van der Waals surface area (Å²) < 4.78 is 11.8. The van der Waals surface area contributed by atoms with E-state index >= 15 is 0 Å². The Morgan fingerprint density at radius 2 is 1.94 bits per heavy atom. The molecule has 0 radical (unpaired) electrons. The number of aryl methyl sites for hydroxylation is 1. The van der Waals surface area contributed by atoms with Gasteiger partial charge in [0.2, 0.25) is 0 Å². The van der Waals surface area contributed by atoms with Crippen molar-refractivity contribution in [2.24, 2.45) is 23.2 Å². The van der Waals surface area contributed by atoms with Gasteiger partial charge in [-0.25, -0.2) is 4.79 Å². The molecular weight excluding hydrogens is 436 g/mol. The molecule has 6 atom stereocenters. The van der Waals surface area contributed by atoms with Crippen molar-refractivity contribution in [3.05, 3.63) is 59.2 Å².